The SMILES string of the molecule is COc1ccc(N[C@H]2C[C@H](OCc3ccccc3)C2)c(C=N)c1. The molecule has 0 aliphatic heterocycles. The van der Waals surface area contributed by atoms with Crippen LogP contribution in [0.4, 0.5) is 5.69 Å². The van der Waals surface area contributed by atoms with Gasteiger partial charge in [0.2, 0.25) is 0 Å². The van der Waals surface area contributed by atoms with Gasteiger partial charge in [0, 0.05) is 23.5 Å². The maximum absolute atomic E-state index is 7.53. The maximum Gasteiger partial charge on any atom is 0.119 e. The van der Waals surface area contributed by atoms with E-state index in [-0.39, 0.29) is 0 Å². The van der Waals surface area contributed by atoms with Crippen LogP contribution in [0.1, 0.15) is 24.0 Å². The van der Waals surface area contributed by atoms with Crippen molar-refractivity contribution in [3.63, 3.8) is 0 Å². The third kappa shape index (κ3) is 3.90. The van der Waals surface area contributed by atoms with Gasteiger partial charge in [-0.3, -0.25) is 0 Å². The number of hydrogen-bond donors (Lipinski definition) is 2. The minimum Gasteiger partial charge on any atom is -0.497 e. The number of benzene rings is 2. The zero-order valence-electron chi connectivity index (χ0n) is 13.3. The van der Waals surface area contributed by atoms with Gasteiger partial charge in [-0.1, -0.05) is 30.3 Å². The van der Waals surface area contributed by atoms with E-state index in [0.29, 0.717) is 18.8 Å². The number of nitrogens with one attached hydrogen (secondary N) is 2. The topological polar surface area (TPSA) is 54.3 Å². The molecule has 0 atom stereocenters. The monoisotopic (exact) mass is 310 g/mol. The summed E-state index contributed by atoms with van der Waals surface area (Å²) in [6.07, 6.45) is 3.66. The number of anilines is 1. The second-order valence-electron chi connectivity index (χ2n) is 5.83. The fourth-order valence-electron chi connectivity index (χ4n) is 2.75. The lowest BCUT2D eigenvalue weighted by Crippen LogP contribution is -2.40. The molecule has 0 saturated heterocycles. The Bertz CT molecular complexity index is 652. The summed E-state index contributed by atoms with van der Waals surface area (Å²) >= 11 is 0. The van der Waals surface area contributed by atoms with Gasteiger partial charge in [-0.2, -0.15) is 0 Å². The molecule has 0 unspecified atom stereocenters. The Kier molecular flexibility index (Phi) is 4.93. The van der Waals surface area contributed by atoms with Crippen molar-refractivity contribution in [3.05, 3.63) is 59.7 Å². The van der Waals surface area contributed by atoms with Crippen molar-refractivity contribution < 1.29 is 9.47 Å². The first-order valence-electron chi connectivity index (χ1n) is 7.89. The fraction of sp³-hybridized carbons (Fsp3) is 0.316. The van der Waals surface area contributed by atoms with E-state index in [1.54, 1.807) is 7.11 Å². The van der Waals surface area contributed by atoms with E-state index < -0.39 is 0 Å². The molecule has 23 heavy (non-hydrogen) atoms. The molecule has 0 radical (unpaired) electrons. The summed E-state index contributed by atoms with van der Waals surface area (Å²) in [5.74, 6) is 0.770. The molecule has 2 N–H and O–H groups in total. The first kappa shape index (κ1) is 15.6. The van der Waals surface area contributed by atoms with Crippen LogP contribution < -0.4 is 10.1 Å². The molecular formula is C19H22N2O2. The van der Waals surface area contributed by atoms with Gasteiger partial charge in [0.25, 0.3) is 0 Å². The fourth-order valence-corrected chi connectivity index (χ4v) is 2.75. The highest BCUT2D eigenvalue weighted by atomic mass is 16.5. The molecule has 2 aromatic carbocycles. The predicted octanol–water partition coefficient (Wildman–Crippen LogP) is 3.85. The molecular weight excluding hydrogens is 288 g/mol. The quantitative estimate of drug-likeness (QED) is 0.764. The second-order valence-corrected chi connectivity index (χ2v) is 5.83. The molecule has 0 heterocycles. The van der Waals surface area contributed by atoms with Crippen molar-refractivity contribution in [2.24, 2.45) is 0 Å². The smallest absolute Gasteiger partial charge is 0.119 e. The van der Waals surface area contributed by atoms with Crippen LogP contribution >= 0.6 is 0 Å². The highest BCUT2D eigenvalue weighted by molar-refractivity contribution is 5.86. The van der Waals surface area contributed by atoms with E-state index in [4.69, 9.17) is 14.9 Å². The van der Waals surface area contributed by atoms with Gasteiger partial charge < -0.3 is 20.2 Å². The van der Waals surface area contributed by atoms with Crippen molar-refractivity contribution >= 4 is 11.9 Å². The van der Waals surface area contributed by atoms with E-state index in [1.165, 1.54) is 11.8 Å². The van der Waals surface area contributed by atoms with Crippen LogP contribution in [0.3, 0.4) is 0 Å². The van der Waals surface area contributed by atoms with Gasteiger partial charge in [0.05, 0.1) is 19.8 Å². The van der Waals surface area contributed by atoms with Crippen molar-refractivity contribution in [3.8, 4) is 5.75 Å². The molecule has 0 aromatic heterocycles. The van der Waals surface area contributed by atoms with E-state index >= 15 is 0 Å². The van der Waals surface area contributed by atoms with E-state index in [1.807, 2.05) is 36.4 Å². The Labute approximate surface area is 136 Å². The highest BCUT2D eigenvalue weighted by Gasteiger charge is 2.30. The van der Waals surface area contributed by atoms with Gasteiger partial charge >= 0.3 is 0 Å². The van der Waals surface area contributed by atoms with Crippen molar-refractivity contribution in [2.45, 2.75) is 31.6 Å². The summed E-state index contributed by atoms with van der Waals surface area (Å²) in [6, 6.07) is 16.4. The lowest BCUT2D eigenvalue weighted by Gasteiger charge is -2.36. The highest BCUT2D eigenvalue weighted by Crippen LogP contribution is 2.29. The first-order valence-corrected chi connectivity index (χ1v) is 7.89. The van der Waals surface area contributed by atoms with Gasteiger partial charge in [-0.25, -0.2) is 0 Å². The Balaban J connectivity index is 1.48. The molecule has 0 amide bonds. The molecule has 2 aromatic rings. The summed E-state index contributed by atoms with van der Waals surface area (Å²) in [7, 11) is 1.64. The average molecular weight is 310 g/mol. The summed E-state index contributed by atoms with van der Waals surface area (Å²) < 4.78 is 11.1. The Morgan fingerprint density at radius 3 is 2.65 bits per heavy atom. The first-order chi connectivity index (χ1) is 11.3. The zero-order chi connectivity index (χ0) is 16.1. The molecule has 4 heteroatoms. The lowest BCUT2D eigenvalue weighted by atomic mass is 9.88. The largest absolute Gasteiger partial charge is 0.497 e. The number of hydrogen-bond acceptors (Lipinski definition) is 4. The third-order valence-corrected chi connectivity index (χ3v) is 4.20. The molecule has 4 nitrogen and oxygen atoms in total. The molecule has 1 fully saturated rings. The van der Waals surface area contributed by atoms with Crippen LogP contribution in [0.25, 0.3) is 0 Å². The van der Waals surface area contributed by atoms with E-state index in [0.717, 1.165) is 29.8 Å². The van der Waals surface area contributed by atoms with Crippen LogP contribution in [0.2, 0.25) is 0 Å². The Hall–Kier alpha value is -2.33. The molecule has 0 spiro atoms. The summed E-state index contributed by atoms with van der Waals surface area (Å²) in [6.45, 7) is 0.673. The van der Waals surface area contributed by atoms with Crippen LogP contribution in [0.5, 0.6) is 5.75 Å². The van der Waals surface area contributed by atoms with Crippen LogP contribution in [0, 0.1) is 5.41 Å². The summed E-state index contributed by atoms with van der Waals surface area (Å²) in [5.41, 5.74) is 3.04. The van der Waals surface area contributed by atoms with Gasteiger partial charge in [0.15, 0.2) is 0 Å². The number of rotatable bonds is 7. The molecule has 0 bridgehead atoms. The maximum atomic E-state index is 7.53. The van der Waals surface area contributed by atoms with Crippen molar-refractivity contribution in [1.82, 2.24) is 0 Å². The third-order valence-electron chi connectivity index (χ3n) is 4.20. The standard InChI is InChI=1S/C19H22N2O2/c1-22-17-7-8-19(15(9-17)12-20)21-16-10-18(11-16)23-13-14-5-3-2-4-6-14/h2-9,12,16,18,20-21H,10-11,13H2,1H3/t16-,18-. The molecule has 1 aliphatic rings. The second kappa shape index (κ2) is 7.29. The van der Waals surface area contributed by atoms with Gasteiger partial charge in [0.1, 0.15) is 5.75 Å². The summed E-state index contributed by atoms with van der Waals surface area (Å²) in [4.78, 5) is 0. The molecule has 3 rings (SSSR count). The zero-order valence-corrected chi connectivity index (χ0v) is 13.3. The summed E-state index contributed by atoms with van der Waals surface area (Å²) in [5, 5.41) is 11.0. The molecule has 1 aliphatic carbocycles. The van der Waals surface area contributed by atoms with Crippen molar-refractivity contribution in [1.29, 1.82) is 5.41 Å². The van der Waals surface area contributed by atoms with Crippen molar-refractivity contribution in [2.75, 3.05) is 12.4 Å². The number of methoxy groups -OCH3 is 1. The predicted molar refractivity (Wildman–Crippen MR) is 92.5 cm³/mol. The molecule has 120 valence electrons. The minimum absolute atomic E-state index is 0.314. The Morgan fingerprint density at radius 2 is 1.96 bits per heavy atom. The van der Waals surface area contributed by atoms with E-state index in [2.05, 4.69) is 17.4 Å². The van der Waals surface area contributed by atoms with Gasteiger partial charge in [-0.05, 0) is 36.6 Å². The van der Waals surface area contributed by atoms with Crippen LogP contribution in [0.15, 0.2) is 48.5 Å². The molecule has 1 saturated carbocycles. The normalized spacial score (nSPS) is 19.7. The lowest BCUT2D eigenvalue weighted by molar-refractivity contribution is -0.0150. The number of ether oxygens (including phenoxy) is 2. The Morgan fingerprint density at radius 1 is 1.17 bits per heavy atom. The van der Waals surface area contributed by atoms with E-state index in [9.17, 15) is 0 Å². The van der Waals surface area contributed by atoms with Crippen LogP contribution in [-0.2, 0) is 11.3 Å². The average Bonchev–Trinajstić information content (AvgIpc) is 2.57. The minimum atomic E-state index is 0.314. The van der Waals surface area contributed by atoms with Gasteiger partial charge in [-0.15, -0.1) is 0 Å². The van der Waals surface area contributed by atoms with Crippen LogP contribution in [-0.4, -0.2) is 25.5 Å².